The zero-order valence-corrected chi connectivity index (χ0v) is 18.0. The number of aryl methyl sites for hydroxylation is 2. The molecule has 0 amide bonds. The lowest BCUT2D eigenvalue weighted by molar-refractivity contribution is 0.924. The number of benzene rings is 5. The van der Waals surface area contributed by atoms with Crippen LogP contribution in [0.5, 0.6) is 0 Å². The minimum absolute atomic E-state index is 1.07. The van der Waals surface area contributed by atoms with Crippen molar-refractivity contribution in [2.75, 3.05) is 0 Å². The summed E-state index contributed by atoms with van der Waals surface area (Å²) < 4.78 is 0. The molecule has 0 saturated carbocycles. The molecule has 7 aromatic carbocycles. The van der Waals surface area contributed by atoms with Crippen LogP contribution in [-0.4, -0.2) is 0 Å². The topological polar surface area (TPSA) is 0 Å². The molecule has 0 radical (unpaired) electrons. The van der Waals surface area contributed by atoms with Gasteiger partial charge in [-0.3, -0.25) is 0 Å². The molecule has 0 aliphatic heterocycles. The SMILES string of the molecule is CCCc1ccc2c(c1)c1cccc3c4c5ccc(CC)cc5c5cccc(c54)c2c13. The third-order valence-electron chi connectivity index (χ3n) is 7.40. The summed E-state index contributed by atoms with van der Waals surface area (Å²) in [5.41, 5.74) is 2.86. The fourth-order valence-corrected chi connectivity index (χ4v) is 6.07. The van der Waals surface area contributed by atoms with Gasteiger partial charge in [-0.2, -0.15) is 0 Å². The maximum Gasteiger partial charge on any atom is -0.00137 e. The highest BCUT2D eigenvalue weighted by atomic mass is 14.2. The van der Waals surface area contributed by atoms with Crippen molar-refractivity contribution in [1.29, 1.82) is 0 Å². The lowest BCUT2D eigenvalue weighted by Crippen LogP contribution is -1.81. The van der Waals surface area contributed by atoms with E-state index in [1.54, 1.807) is 0 Å². The summed E-state index contributed by atoms with van der Waals surface area (Å²) in [6, 6.07) is 28.1. The molecular formula is C31H24. The van der Waals surface area contributed by atoms with Crippen molar-refractivity contribution >= 4 is 64.6 Å². The third kappa shape index (κ3) is 2.10. The van der Waals surface area contributed by atoms with Crippen molar-refractivity contribution in [3.63, 3.8) is 0 Å². The molecule has 0 heterocycles. The molecule has 0 unspecified atom stereocenters. The first-order valence-corrected chi connectivity index (χ1v) is 11.6. The van der Waals surface area contributed by atoms with Gasteiger partial charge in [0.1, 0.15) is 0 Å². The standard InChI is InChI=1S/C31H24/c1-3-7-19-13-15-23-27(17-19)21-9-6-11-25-29(21)31(23)24-10-5-8-20-26-16-18(4-2)12-14-22(26)30(25)28(20)24/h5-6,8-17H,3-4,7H2,1-2H3. The predicted molar refractivity (Wildman–Crippen MR) is 137 cm³/mol. The Hall–Kier alpha value is -3.38. The van der Waals surface area contributed by atoms with Gasteiger partial charge in [-0.15, -0.1) is 0 Å². The molecule has 0 heteroatoms. The van der Waals surface area contributed by atoms with Crippen molar-refractivity contribution in [3.05, 3.63) is 83.9 Å². The van der Waals surface area contributed by atoms with Gasteiger partial charge >= 0.3 is 0 Å². The van der Waals surface area contributed by atoms with Crippen LogP contribution in [0.4, 0.5) is 0 Å². The normalized spacial score (nSPS) is 12.6. The second kappa shape index (κ2) is 6.08. The summed E-state index contributed by atoms with van der Waals surface area (Å²) in [5, 5.41) is 17.0. The van der Waals surface area contributed by atoms with E-state index in [0.29, 0.717) is 0 Å². The van der Waals surface area contributed by atoms with Gasteiger partial charge in [0.05, 0.1) is 0 Å². The summed E-state index contributed by atoms with van der Waals surface area (Å²) in [7, 11) is 0. The number of hydrogen-bond acceptors (Lipinski definition) is 0. The average Bonchev–Trinajstić information content (AvgIpc) is 3.32. The smallest absolute Gasteiger partial charge is 0.00137 e. The Bertz CT molecular complexity index is 1770. The molecule has 0 aliphatic carbocycles. The van der Waals surface area contributed by atoms with Gasteiger partial charge in [-0.25, -0.2) is 0 Å². The van der Waals surface area contributed by atoms with E-state index in [9.17, 15) is 0 Å². The van der Waals surface area contributed by atoms with Crippen LogP contribution in [0.2, 0.25) is 0 Å². The minimum Gasteiger partial charge on any atom is -0.0651 e. The fourth-order valence-electron chi connectivity index (χ4n) is 6.07. The molecule has 0 fully saturated rings. The van der Waals surface area contributed by atoms with Crippen LogP contribution >= 0.6 is 0 Å². The molecule has 148 valence electrons. The lowest BCUT2D eigenvalue weighted by atomic mass is 9.95. The van der Waals surface area contributed by atoms with E-state index in [4.69, 9.17) is 0 Å². The van der Waals surface area contributed by atoms with Crippen LogP contribution in [0.25, 0.3) is 64.6 Å². The van der Waals surface area contributed by atoms with E-state index in [-0.39, 0.29) is 0 Å². The Morgan fingerprint density at radius 1 is 0.452 bits per heavy atom. The highest BCUT2D eigenvalue weighted by molar-refractivity contribution is 6.47. The average molecular weight is 397 g/mol. The molecule has 7 aromatic rings. The summed E-state index contributed by atoms with van der Waals surface area (Å²) in [6.07, 6.45) is 3.40. The quantitative estimate of drug-likeness (QED) is 0.261. The van der Waals surface area contributed by atoms with Gasteiger partial charge in [-0.05, 0) is 88.6 Å². The van der Waals surface area contributed by atoms with E-state index in [2.05, 4.69) is 86.6 Å². The van der Waals surface area contributed by atoms with Crippen LogP contribution in [0, 0.1) is 0 Å². The van der Waals surface area contributed by atoms with Crippen LogP contribution in [0.3, 0.4) is 0 Å². The summed E-state index contributed by atoms with van der Waals surface area (Å²) in [5.74, 6) is 0. The van der Waals surface area contributed by atoms with Crippen molar-refractivity contribution in [2.24, 2.45) is 0 Å². The summed E-state index contributed by atoms with van der Waals surface area (Å²) in [6.45, 7) is 4.50. The molecule has 0 N–H and O–H groups in total. The van der Waals surface area contributed by atoms with Gasteiger partial charge < -0.3 is 0 Å². The van der Waals surface area contributed by atoms with Crippen molar-refractivity contribution in [2.45, 2.75) is 33.1 Å². The predicted octanol–water partition coefficient (Wildman–Crippen LogP) is 9.00. The molecule has 0 atom stereocenters. The maximum atomic E-state index is 2.44. The van der Waals surface area contributed by atoms with E-state index in [1.165, 1.54) is 82.2 Å². The summed E-state index contributed by atoms with van der Waals surface area (Å²) >= 11 is 0. The van der Waals surface area contributed by atoms with Gasteiger partial charge in [0, 0.05) is 0 Å². The second-order valence-corrected chi connectivity index (χ2v) is 9.07. The maximum absolute atomic E-state index is 2.44. The molecule has 0 bridgehead atoms. The number of hydrogen-bond donors (Lipinski definition) is 0. The monoisotopic (exact) mass is 396 g/mol. The lowest BCUT2D eigenvalue weighted by Gasteiger charge is -2.07. The Morgan fingerprint density at radius 2 is 0.903 bits per heavy atom. The molecule has 0 spiro atoms. The van der Waals surface area contributed by atoms with Gasteiger partial charge in [0.25, 0.3) is 0 Å². The van der Waals surface area contributed by atoms with Crippen LogP contribution in [0.1, 0.15) is 31.4 Å². The first-order chi connectivity index (χ1) is 15.3. The zero-order chi connectivity index (χ0) is 20.7. The molecule has 0 saturated heterocycles. The van der Waals surface area contributed by atoms with Crippen LogP contribution < -0.4 is 0 Å². The van der Waals surface area contributed by atoms with E-state index in [1.807, 2.05) is 0 Å². The molecule has 31 heavy (non-hydrogen) atoms. The zero-order valence-electron chi connectivity index (χ0n) is 18.0. The number of fused-ring (bicyclic) bond motifs is 8. The van der Waals surface area contributed by atoms with Crippen LogP contribution in [0.15, 0.2) is 72.8 Å². The van der Waals surface area contributed by atoms with E-state index < -0.39 is 0 Å². The van der Waals surface area contributed by atoms with Gasteiger partial charge in [0.2, 0.25) is 0 Å². The highest BCUT2D eigenvalue weighted by Crippen LogP contribution is 2.50. The third-order valence-corrected chi connectivity index (χ3v) is 7.40. The Labute approximate surface area is 181 Å². The molecular weight excluding hydrogens is 372 g/mol. The molecule has 0 aliphatic rings. The van der Waals surface area contributed by atoms with Gasteiger partial charge in [0.15, 0.2) is 0 Å². The van der Waals surface area contributed by atoms with Crippen molar-refractivity contribution in [3.8, 4) is 0 Å². The van der Waals surface area contributed by atoms with Gasteiger partial charge in [-0.1, -0.05) is 93.1 Å². The molecule has 7 rings (SSSR count). The Morgan fingerprint density at radius 3 is 1.42 bits per heavy atom. The Kier molecular flexibility index (Phi) is 3.39. The highest BCUT2D eigenvalue weighted by Gasteiger charge is 2.21. The van der Waals surface area contributed by atoms with Crippen molar-refractivity contribution in [1.82, 2.24) is 0 Å². The second-order valence-electron chi connectivity index (χ2n) is 9.07. The molecule has 0 aromatic heterocycles. The largest absolute Gasteiger partial charge is 0.0651 e. The fraction of sp³-hybridized carbons (Fsp3) is 0.161. The van der Waals surface area contributed by atoms with Crippen molar-refractivity contribution < 1.29 is 0 Å². The molecule has 0 nitrogen and oxygen atoms in total. The van der Waals surface area contributed by atoms with Crippen LogP contribution in [-0.2, 0) is 12.8 Å². The van der Waals surface area contributed by atoms with E-state index >= 15 is 0 Å². The summed E-state index contributed by atoms with van der Waals surface area (Å²) in [4.78, 5) is 0. The number of rotatable bonds is 3. The van der Waals surface area contributed by atoms with E-state index in [0.717, 1.165) is 12.8 Å². The Balaban J connectivity index is 1.80. The first kappa shape index (κ1) is 17.3. The minimum atomic E-state index is 1.07. The first-order valence-electron chi connectivity index (χ1n) is 11.6.